The molecule has 0 saturated carbocycles. The van der Waals surface area contributed by atoms with Gasteiger partial charge in [0.05, 0.1) is 0 Å². The van der Waals surface area contributed by atoms with Crippen LogP contribution in [0.3, 0.4) is 0 Å². The number of hydrogen-bond donors (Lipinski definition) is 0. The topological polar surface area (TPSA) is 0 Å². The normalized spacial score (nSPS) is 22.4. The van der Waals surface area contributed by atoms with E-state index in [1.54, 1.807) is 0 Å². The molecule has 0 radical (unpaired) electrons. The summed E-state index contributed by atoms with van der Waals surface area (Å²) >= 11 is 0. The van der Waals surface area contributed by atoms with Crippen LogP contribution in [0.5, 0.6) is 0 Å². The fourth-order valence-corrected chi connectivity index (χ4v) is 1.89. The molecule has 0 aromatic rings. The zero-order valence-corrected chi connectivity index (χ0v) is 7.35. The van der Waals surface area contributed by atoms with Crippen LogP contribution >= 0.6 is 0 Å². The van der Waals surface area contributed by atoms with Gasteiger partial charge in [-0.05, 0) is 30.6 Å². The van der Waals surface area contributed by atoms with Gasteiger partial charge >= 0.3 is 0 Å². The molecule has 0 bridgehead atoms. The summed E-state index contributed by atoms with van der Waals surface area (Å²) in [5, 5.41) is 0. The second-order valence-electron chi connectivity index (χ2n) is 3.75. The Hall–Kier alpha value is -0.260. The van der Waals surface area contributed by atoms with Crippen LogP contribution in [0.15, 0.2) is 12.2 Å². The molecule has 0 aromatic heterocycles. The quantitative estimate of drug-likeness (QED) is 0.513. The largest absolute Gasteiger partial charge is 0.0879 e. The van der Waals surface area contributed by atoms with Gasteiger partial charge in [-0.25, -0.2) is 0 Å². The van der Waals surface area contributed by atoms with Crippen molar-refractivity contribution in [2.45, 2.75) is 40.0 Å². The first-order valence-corrected chi connectivity index (χ1v) is 4.36. The lowest BCUT2D eigenvalue weighted by molar-refractivity contribution is 0.198. The lowest BCUT2D eigenvalue weighted by atomic mass is 9.73. The van der Waals surface area contributed by atoms with Crippen LogP contribution in [0.1, 0.15) is 40.0 Å². The molecule has 1 aliphatic carbocycles. The third-order valence-electron chi connectivity index (χ3n) is 3.14. The van der Waals surface area contributed by atoms with Crippen LogP contribution in [-0.2, 0) is 0 Å². The molecule has 0 aromatic carbocycles. The Morgan fingerprint density at radius 3 is 2.00 bits per heavy atom. The Morgan fingerprint density at radius 2 is 1.80 bits per heavy atom. The van der Waals surface area contributed by atoms with Crippen molar-refractivity contribution in [1.82, 2.24) is 0 Å². The molecule has 1 rings (SSSR count). The van der Waals surface area contributed by atoms with Gasteiger partial charge in [-0.2, -0.15) is 0 Å². The highest BCUT2D eigenvalue weighted by molar-refractivity contribution is 5.03. The van der Waals surface area contributed by atoms with Gasteiger partial charge in [0.25, 0.3) is 0 Å². The lowest BCUT2D eigenvalue weighted by Crippen LogP contribution is -2.22. The van der Waals surface area contributed by atoms with Gasteiger partial charge in [-0.15, -0.1) is 0 Å². The molecule has 0 heterocycles. The average Bonchev–Trinajstić information content (AvgIpc) is 2.35. The van der Waals surface area contributed by atoms with Crippen molar-refractivity contribution < 1.29 is 0 Å². The standard InChI is InChI=1S/C10H18/c1-4-10(9(2)3)7-5-6-8-10/h5-6,9H,4,7-8H2,1-3H3. The van der Waals surface area contributed by atoms with Gasteiger partial charge in [0.2, 0.25) is 0 Å². The van der Waals surface area contributed by atoms with E-state index in [2.05, 4.69) is 32.9 Å². The molecule has 58 valence electrons. The minimum Gasteiger partial charge on any atom is -0.0879 e. The molecule has 10 heavy (non-hydrogen) atoms. The zero-order chi connectivity index (χ0) is 7.61. The van der Waals surface area contributed by atoms with E-state index < -0.39 is 0 Å². The molecule has 0 saturated heterocycles. The Bertz CT molecular complexity index is 123. The van der Waals surface area contributed by atoms with Crippen LogP contribution in [0.4, 0.5) is 0 Å². The van der Waals surface area contributed by atoms with Crippen LogP contribution in [0, 0.1) is 11.3 Å². The maximum atomic E-state index is 2.34. The van der Waals surface area contributed by atoms with Crippen molar-refractivity contribution in [2.24, 2.45) is 11.3 Å². The Balaban J connectivity index is 2.61. The van der Waals surface area contributed by atoms with Crippen molar-refractivity contribution in [3.05, 3.63) is 12.2 Å². The van der Waals surface area contributed by atoms with E-state index in [1.165, 1.54) is 19.3 Å². The third-order valence-corrected chi connectivity index (χ3v) is 3.14. The SMILES string of the molecule is CCC1(C(C)C)CC=CC1. The minimum atomic E-state index is 0.625. The molecular formula is C10H18. The van der Waals surface area contributed by atoms with Gasteiger partial charge < -0.3 is 0 Å². The van der Waals surface area contributed by atoms with Crippen LogP contribution < -0.4 is 0 Å². The van der Waals surface area contributed by atoms with Gasteiger partial charge in [-0.3, -0.25) is 0 Å². The van der Waals surface area contributed by atoms with E-state index in [9.17, 15) is 0 Å². The summed E-state index contributed by atoms with van der Waals surface area (Å²) in [6.07, 6.45) is 8.62. The Morgan fingerprint density at radius 1 is 1.30 bits per heavy atom. The van der Waals surface area contributed by atoms with Crippen molar-refractivity contribution in [2.75, 3.05) is 0 Å². The number of hydrogen-bond acceptors (Lipinski definition) is 0. The summed E-state index contributed by atoms with van der Waals surface area (Å²) in [6, 6.07) is 0. The molecule has 0 unspecified atom stereocenters. The molecule has 0 aliphatic heterocycles. The van der Waals surface area contributed by atoms with Gasteiger partial charge in [0, 0.05) is 0 Å². The third kappa shape index (κ3) is 1.12. The molecule has 0 amide bonds. The molecule has 0 spiro atoms. The summed E-state index contributed by atoms with van der Waals surface area (Å²) in [4.78, 5) is 0. The molecule has 0 heteroatoms. The fraction of sp³-hybridized carbons (Fsp3) is 0.800. The zero-order valence-electron chi connectivity index (χ0n) is 7.35. The predicted molar refractivity (Wildman–Crippen MR) is 45.9 cm³/mol. The highest BCUT2D eigenvalue weighted by Gasteiger charge is 2.31. The Kier molecular flexibility index (Phi) is 2.18. The first-order chi connectivity index (χ1) is 4.71. The highest BCUT2D eigenvalue weighted by atomic mass is 14.4. The van der Waals surface area contributed by atoms with Crippen molar-refractivity contribution >= 4 is 0 Å². The highest BCUT2D eigenvalue weighted by Crippen LogP contribution is 2.42. The summed E-state index contributed by atoms with van der Waals surface area (Å²) in [5.41, 5.74) is 0.625. The summed E-state index contributed by atoms with van der Waals surface area (Å²) in [6.45, 7) is 7.00. The van der Waals surface area contributed by atoms with Crippen LogP contribution in [-0.4, -0.2) is 0 Å². The van der Waals surface area contributed by atoms with Crippen LogP contribution in [0.2, 0.25) is 0 Å². The predicted octanol–water partition coefficient (Wildman–Crippen LogP) is 3.39. The summed E-state index contributed by atoms with van der Waals surface area (Å²) in [7, 11) is 0. The second kappa shape index (κ2) is 2.77. The van der Waals surface area contributed by atoms with E-state index in [1.807, 2.05) is 0 Å². The maximum Gasteiger partial charge on any atom is -0.0208 e. The maximum absolute atomic E-state index is 2.34. The van der Waals surface area contributed by atoms with Gasteiger partial charge in [0.15, 0.2) is 0 Å². The smallest absolute Gasteiger partial charge is 0.0208 e. The summed E-state index contributed by atoms with van der Waals surface area (Å²) < 4.78 is 0. The second-order valence-corrected chi connectivity index (χ2v) is 3.75. The summed E-state index contributed by atoms with van der Waals surface area (Å²) in [5.74, 6) is 0.840. The van der Waals surface area contributed by atoms with E-state index in [0.29, 0.717) is 5.41 Å². The van der Waals surface area contributed by atoms with E-state index in [0.717, 1.165) is 5.92 Å². The van der Waals surface area contributed by atoms with E-state index in [-0.39, 0.29) is 0 Å². The van der Waals surface area contributed by atoms with Gasteiger partial charge in [-0.1, -0.05) is 32.9 Å². The molecule has 0 nitrogen and oxygen atoms in total. The molecule has 1 aliphatic rings. The van der Waals surface area contributed by atoms with Crippen molar-refractivity contribution in [3.8, 4) is 0 Å². The fourth-order valence-electron chi connectivity index (χ4n) is 1.89. The van der Waals surface area contributed by atoms with Gasteiger partial charge in [0.1, 0.15) is 0 Å². The average molecular weight is 138 g/mol. The molecule has 0 N–H and O–H groups in total. The van der Waals surface area contributed by atoms with E-state index in [4.69, 9.17) is 0 Å². The first kappa shape index (κ1) is 7.84. The number of allylic oxidation sites excluding steroid dienone is 2. The van der Waals surface area contributed by atoms with Crippen LogP contribution in [0.25, 0.3) is 0 Å². The Labute approximate surface area is 64.3 Å². The minimum absolute atomic E-state index is 0.625. The molecular weight excluding hydrogens is 120 g/mol. The van der Waals surface area contributed by atoms with Crippen molar-refractivity contribution in [1.29, 1.82) is 0 Å². The molecule has 0 fully saturated rings. The first-order valence-electron chi connectivity index (χ1n) is 4.36. The van der Waals surface area contributed by atoms with E-state index >= 15 is 0 Å². The van der Waals surface area contributed by atoms with Crippen molar-refractivity contribution in [3.63, 3.8) is 0 Å². The number of rotatable bonds is 2. The molecule has 0 atom stereocenters. The monoisotopic (exact) mass is 138 g/mol. The lowest BCUT2D eigenvalue weighted by Gasteiger charge is -2.32.